The van der Waals surface area contributed by atoms with Gasteiger partial charge in [-0.15, -0.1) is 0 Å². The molecule has 0 radical (unpaired) electrons. The Bertz CT molecular complexity index is 418. The molecule has 0 atom stereocenters. The molecular weight excluding hydrogens is 264 g/mol. The molecule has 1 aliphatic rings. The molecule has 0 bridgehead atoms. The Morgan fingerprint density at radius 3 is 2.76 bits per heavy atom. The number of anilines is 1. The molecule has 0 spiro atoms. The van der Waals surface area contributed by atoms with Crippen LogP contribution in [0, 0.1) is 0 Å². The summed E-state index contributed by atoms with van der Waals surface area (Å²) in [5, 5.41) is 0. The van der Waals surface area contributed by atoms with Crippen LogP contribution < -0.4 is 15.4 Å². The van der Waals surface area contributed by atoms with Gasteiger partial charge in [0.2, 0.25) is 11.8 Å². The molecule has 5 heteroatoms. The molecule has 1 fully saturated rings. The Hall–Kier alpha value is -1.36. The summed E-state index contributed by atoms with van der Waals surface area (Å²) in [6.07, 6.45) is 9.27. The van der Waals surface area contributed by atoms with Gasteiger partial charge >= 0.3 is 0 Å². The summed E-state index contributed by atoms with van der Waals surface area (Å²) in [4.78, 5) is 11.4. The molecule has 0 aromatic carbocycles. The SMILES string of the molecule is CC(C)Oc1ccnc(N(CCCN)C2CCCCC2)n1. The topological polar surface area (TPSA) is 64.3 Å². The van der Waals surface area contributed by atoms with Crippen molar-refractivity contribution in [3.8, 4) is 5.88 Å². The van der Waals surface area contributed by atoms with Crippen LogP contribution in [0.1, 0.15) is 52.4 Å². The first-order valence-electron chi connectivity index (χ1n) is 8.17. The Labute approximate surface area is 127 Å². The van der Waals surface area contributed by atoms with E-state index in [0.717, 1.165) is 18.9 Å². The summed E-state index contributed by atoms with van der Waals surface area (Å²) >= 11 is 0. The van der Waals surface area contributed by atoms with Crippen molar-refractivity contribution in [1.29, 1.82) is 0 Å². The maximum atomic E-state index is 5.69. The quantitative estimate of drug-likeness (QED) is 0.837. The van der Waals surface area contributed by atoms with Gasteiger partial charge in [-0.3, -0.25) is 0 Å². The Morgan fingerprint density at radius 1 is 1.33 bits per heavy atom. The average molecular weight is 292 g/mol. The summed E-state index contributed by atoms with van der Waals surface area (Å²) in [5.74, 6) is 1.44. The number of nitrogens with zero attached hydrogens (tertiary/aromatic N) is 3. The molecule has 0 aliphatic heterocycles. The van der Waals surface area contributed by atoms with Crippen LogP contribution in [-0.2, 0) is 0 Å². The largest absolute Gasteiger partial charge is 0.475 e. The van der Waals surface area contributed by atoms with Gasteiger partial charge in [-0.2, -0.15) is 4.98 Å². The second-order valence-electron chi connectivity index (χ2n) is 5.99. The van der Waals surface area contributed by atoms with E-state index in [0.29, 0.717) is 18.5 Å². The first-order valence-corrected chi connectivity index (χ1v) is 8.17. The van der Waals surface area contributed by atoms with Crippen molar-refractivity contribution < 1.29 is 4.74 Å². The van der Waals surface area contributed by atoms with Crippen LogP contribution in [0.15, 0.2) is 12.3 Å². The molecule has 2 N–H and O–H groups in total. The van der Waals surface area contributed by atoms with Crippen LogP contribution >= 0.6 is 0 Å². The minimum absolute atomic E-state index is 0.125. The highest BCUT2D eigenvalue weighted by Crippen LogP contribution is 2.26. The fraction of sp³-hybridized carbons (Fsp3) is 0.750. The van der Waals surface area contributed by atoms with Crippen LogP contribution in [0.5, 0.6) is 5.88 Å². The van der Waals surface area contributed by atoms with Crippen molar-refractivity contribution in [2.75, 3.05) is 18.0 Å². The van der Waals surface area contributed by atoms with Gasteiger partial charge in [-0.1, -0.05) is 19.3 Å². The number of hydrogen-bond donors (Lipinski definition) is 1. The second kappa shape index (κ2) is 8.17. The van der Waals surface area contributed by atoms with Crippen LogP contribution in [0.2, 0.25) is 0 Å². The lowest BCUT2D eigenvalue weighted by Gasteiger charge is -2.34. The van der Waals surface area contributed by atoms with Crippen LogP contribution in [0.4, 0.5) is 5.95 Å². The van der Waals surface area contributed by atoms with Crippen molar-refractivity contribution in [2.45, 2.75) is 64.5 Å². The van der Waals surface area contributed by atoms with Crippen LogP contribution in [0.3, 0.4) is 0 Å². The van der Waals surface area contributed by atoms with Crippen molar-refractivity contribution in [1.82, 2.24) is 9.97 Å². The number of ether oxygens (including phenoxy) is 1. The zero-order valence-corrected chi connectivity index (χ0v) is 13.3. The van der Waals surface area contributed by atoms with E-state index in [4.69, 9.17) is 10.5 Å². The Kier molecular flexibility index (Phi) is 6.23. The van der Waals surface area contributed by atoms with Gasteiger partial charge in [-0.05, 0) is 39.7 Å². The van der Waals surface area contributed by atoms with Crippen molar-refractivity contribution in [3.63, 3.8) is 0 Å². The summed E-state index contributed by atoms with van der Waals surface area (Å²) in [6.45, 7) is 5.64. The van der Waals surface area contributed by atoms with E-state index in [1.807, 2.05) is 19.9 Å². The molecule has 0 unspecified atom stereocenters. The Balaban J connectivity index is 2.14. The first-order chi connectivity index (χ1) is 10.2. The summed E-state index contributed by atoms with van der Waals surface area (Å²) in [7, 11) is 0. The number of nitrogens with two attached hydrogens (primary N) is 1. The first kappa shape index (κ1) is 16.0. The van der Waals surface area contributed by atoms with Crippen molar-refractivity contribution >= 4 is 5.95 Å². The standard InChI is InChI=1S/C16H28N4O/c1-13(2)21-15-9-11-18-16(19-15)20(12-6-10-17)14-7-4-3-5-8-14/h9,11,13-14H,3-8,10,12,17H2,1-2H3. The molecule has 1 aromatic heterocycles. The minimum Gasteiger partial charge on any atom is -0.475 e. The van der Waals surface area contributed by atoms with Crippen molar-refractivity contribution in [2.24, 2.45) is 5.73 Å². The molecule has 1 saturated carbocycles. The highest BCUT2D eigenvalue weighted by Gasteiger charge is 2.23. The molecule has 21 heavy (non-hydrogen) atoms. The summed E-state index contributed by atoms with van der Waals surface area (Å²) in [5.41, 5.74) is 5.69. The molecule has 5 nitrogen and oxygen atoms in total. The number of rotatable bonds is 7. The highest BCUT2D eigenvalue weighted by atomic mass is 16.5. The number of hydrogen-bond acceptors (Lipinski definition) is 5. The normalized spacial score (nSPS) is 16.2. The molecule has 0 amide bonds. The van der Waals surface area contributed by atoms with E-state index in [1.165, 1.54) is 32.1 Å². The van der Waals surface area contributed by atoms with E-state index in [2.05, 4.69) is 14.9 Å². The zero-order valence-electron chi connectivity index (χ0n) is 13.3. The molecule has 118 valence electrons. The van der Waals surface area contributed by atoms with Gasteiger partial charge in [0.1, 0.15) is 0 Å². The maximum absolute atomic E-state index is 5.69. The predicted molar refractivity (Wildman–Crippen MR) is 85.7 cm³/mol. The molecule has 1 aliphatic carbocycles. The summed E-state index contributed by atoms with van der Waals surface area (Å²) < 4.78 is 5.69. The third-order valence-electron chi connectivity index (χ3n) is 3.85. The minimum atomic E-state index is 0.125. The molecular formula is C16H28N4O. The molecule has 1 aromatic rings. The van der Waals surface area contributed by atoms with Crippen LogP contribution in [0.25, 0.3) is 0 Å². The van der Waals surface area contributed by atoms with E-state index in [9.17, 15) is 0 Å². The number of aromatic nitrogens is 2. The third kappa shape index (κ3) is 4.84. The van der Waals surface area contributed by atoms with Gasteiger partial charge in [-0.25, -0.2) is 4.98 Å². The molecule has 1 heterocycles. The van der Waals surface area contributed by atoms with Crippen LogP contribution in [-0.4, -0.2) is 35.2 Å². The van der Waals surface area contributed by atoms with E-state index in [1.54, 1.807) is 6.20 Å². The van der Waals surface area contributed by atoms with Gasteiger partial charge in [0.05, 0.1) is 6.10 Å². The second-order valence-corrected chi connectivity index (χ2v) is 5.99. The Morgan fingerprint density at radius 2 is 2.10 bits per heavy atom. The van der Waals surface area contributed by atoms with E-state index in [-0.39, 0.29) is 6.10 Å². The van der Waals surface area contributed by atoms with Gasteiger partial charge < -0.3 is 15.4 Å². The monoisotopic (exact) mass is 292 g/mol. The van der Waals surface area contributed by atoms with Gasteiger partial charge in [0, 0.05) is 24.8 Å². The highest BCUT2D eigenvalue weighted by molar-refractivity contribution is 5.34. The molecule has 0 saturated heterocycles. The lowest BCUT2D eigenvalue weighted by molar-refractivity contribution is 0.232. The van der Waals surface area contributed by atoms with E-state index < -0.39 is 0 Å². The van der Waals surface area contributed by atoms with Gasteiger partial charge in [0.25, 0.3) is 0 Å². The fourth-order valence-corrected chi connectivity index (χ4v) is 2.88. The van der Waals surface area contributed by atoms with E-state index >= 15 is 0 Å². The molecule has 2 rings (SSSR count). The fourth-order valence-electron chi connectivity index (χ4n) is 2.88. The third-order valence-corrected chi connectivity index (χ3v) is 3.85. The lowest BCUT2D eigenvalue weighted by Crippen LogP contribution is -2.39. The average Bonchev–Trinajstić information content (AvgIpc) is 2.48. The van der Waals surface area contributed by atoms with Gasteiger partial charge in [0.15, 0.2) is 0 Å². The predicted octanol–water partition coefficient (Wildman–Crippen LogP) is 2.75. The maximum Gasteiger partial charge on any atom is 0.228 e. The zero-order chi connectivity index (χ0) is 15.1. The lowest BCUT2D eigenvalue weighted by atomic mass is 9.94. The summed E-state index contributed by atoms with van der Waals surface area (Å²) in [6, 6.07) is 2.37. The van der Waals surface area contributed by atoms with Crippen molar-refractivity contribution in [3.05, 3.63) is 12.3 Å². The smallest absolute Gasteiger partial charge is 0.228 e.